The number of hydrogen-bond donors (Lipinski definition) is 1. The quantitative estimate of drug-likeness (QED) is 0.633. The Kier molecular flexibility index (Phi) is 4.47. The Hall–Kier alpha value is -1.78. The number of nitrogens with zero attached hydrogens (tertiary/aromatic N) is 1. The van der Waals surface area contributed by atoms with Crippen LogP contribution >= 0.6 is 23.2 Å². The summed E-state index contributed by atoms with van der Waals surface area (Å²) in [7, 11) is 0. The van der Waals surface area contributed by atoms with Crippen molar-refractivity contribution in [3.63, 3.8) is 0 Å². The molecule has 0 aliphatic rings. The van der Waals surface area contributed by atoms with Gasteiger partial charge in [0, 0.05) is 18.2 Å². The fourth-order valence-corrected chi connectivity index (χ4v) is 2.33. The number of anilines is 1. The van der Waals surface area contributed by atoms with Crippen LogP contribution in [0.1, 0.15) is 18.5 Å². The number of rotatable bonds is 4. The summed E-state index contributed by atoms with van der Waals surface area (Å²) >= 11 is 12.2. The number of nitro groups is 1. The molecule has 0 spiro atoms. The van der Waals surface area contributed by atoms with Gasteiger partial charge in [0.25, 0.3) is 5.69 Å². The first-order chi connectivity index (χ1) is 9.49. The number of nitro benzene ring substituents is 1. The van der Waals surface area contributed by atoms with Crippen LogP contribution in [0.2, 0.25) is 10.0 Å². The van der Waals surface area contributed by atoms with Crippen LogP contribution in [0.4, 0.5) is 11.4 Å². The van der Waals surface area contributed by atoms with Gasteiger partial charge in [0.1, 0.15) is 0 Å². The average molecular weight is 311 g/mol. The Morgan fingerprint density at radius 1 is 1.10 bits per heavy atom. The van der Waals surface area contributed by atoms with Crippen LogP contribution in [0.3, 0.4) is 0 Å². The molecule has 4 nitrogen and oxygen atoms in total. The molecule has 0 aromatic heterocycles. The van der Waals surface area contributed by atoms with Crippen molar-refractivity contribution in [3.05, 3.63) is 68.2 Å². The van der Waals surface area contributed by atoms with Crippen LogP contribution < -0.4 is 5.32 Å². The Morgan fingerprint density at radius 3 is 2.15 bits per heavy atom. The molecule has 2 rings (SSSR count). The molecule has 0 aliphatic carbocycles. The largest absolute Gasteiger partial charge is 0.376 e. The van der Waals surface area contributed by atoms with E-state index >= 15 is 0 Å². The highest BCUT2D eigenvalue weighted by molar-refractivity contribution is 6.39. The van der Waals surface area contributed by atoms with Crippen molar-refractivity contribution in [2.45, 2.75) is 13.0 Å². The van der Waals surface area contributed by atoms with Gasteiger partial charge in [-0.2, -0.15) is 0 Å². The zero-order chi connectivity index (χ0) is 14.7. The van der Waals surface area contributed by atoms with E-state index in [1.165, 1.54) is 12.1 Å². The zero-order valence-corrected chi connectivity index (χ0v) is 12.2. The second-order valence-corrected chi connectivity index (χ2v) is 5.13. The summed E-state index contributed by atoms with van der Waals surface area (Å²) in [6.07, 6.45) is 0. The molecule has 2 aromatic carbocycles. The number of halogens is 2. The highest BCUT2D eigenvalue weighted by Crippen LogP contribution is 2.33. The van der Waals surface area contributed by atoms with Gasteiger partial charge in [-0.3, -0.25) is 10.1 Å². The maximum absolute atomic E-state index is 10.6. The summed E-state index contributed by atoms with van der Waals surface area (Å²) in [5.41, 5.74) is 1.63. The maximum atomic E-state index is 10.6. The molecule has 20 heavy (non-hydrogen) atoms. The van der Waals surface area contributed by atoms with Gasteiger partial charge < -0.3 is 5.32 Å². The molecular weight excluding hydrogens is 299 g/mol. The summed E-state index contributed by atoms with van der Waals surface area (Å²) in [5, 5.41) is 14.9. The molecule has 0 radical (unpaired) electrons. The number of nitrogens with one attached hydrogen (secondary N) is 1. The average Bonchev–Trinajstić information content (AvgIpc) is 2.43. The van der Waals surface area contributed by atoms with Crippen molar-refractivity contribution < 1.29 is 4.92 Å². The minimum absolute atomic E-state index is 0.0664. The van der Waals surface area contributed by atoms with Crippen molar-refractivity contribution in [2.75, 3.05) is 5.32 Å². The van der Waals surface area contributed by atoms with E-state index < -0.39 is 4.92 Å². The Morgan fingerprint density at radius 2 is 1.65 bits per heavy atom. The predicted octanol–water partition coefficient (Wildman–Crippen LogP) is 5.07. The van der Waals surface area contributed by atoms with E-state index in [4.69, 9.17) is 23.2 Å². The van der Waals surface area contributed by atoms with Crippen molar-refractivity contribution in [1.29, 1.82) is 0 Å². The third kappa shape index (κ3) is 3.21. The van der Waals surface area contributed by atoms with Gasteiger partial charge in [-0.15, -0.1) is 0 Å². The molecule has 2 aromatic rings. The van der Waals surface area contributed by atoms with Gasteiger partial charge in [0.15, 0.2) is 0 Å². The summed E-state index contributed by atoms with van der Waals surface area (Å²) < 4.78 is 0. The second kappa shape index (κ2) is 6.11. The van der Waals surface area contributed by atoms with Gasteiger partial charge in [-0.25, -0.2) is 0 Å². The molecule has 0 fully saturated rings. The van der Waals surface area contributed by atoms with Gasteiger partial charge >= 0.3 is 0 Å². The second-order valence-electron chi connectivity index (χ2n) is 4.31. The Bertz CT molecular complexity index is 609. The minimum Gasteiger partial charge on any atom is -0.376 e. The Balaban J connectivity index is 2.19. The predicted molar refractivity (Wildman–Crippen MR) is 81.6 cm³/mol. The summed E-state index contributed by atoms with van der Waals surface area (Å²) in [6.45, 7) is 1.93. The first kappa shape index (κ1) is 14.6. The van der Waals surface area contributed by atoms with Gasteiger partial charge in [-0.1, -0.05) is 41.4 Å². The minimum atomic E-state index is -0.424. The number of non-ortho nitro benzene ring substituents is 1. The SMILES string of the molecule is CC(Nc1c(Cl)cccc1Cl)c1ccc([N+](=O)[O-])cc1. The van der Waals surface area contributed by atoms with E-state index in [0.29, 0.717) is 15.7 Å². The third-order valence-corrected chi connectivity index (χ3v) is 3.56. The van der Waals surface area contributed by atoms with Crippen LogP contribution in [0.25, 0.3) is 0 Å². The molecule has 0 amide bonds. The summed E-state index contributed by atoms with van der Waals surface area (Å²) in [5.74, 6) is 0. The fourth-order valence-electron chi connectivity index (χ4n) is 1.82. The highest BCUT2D eigenvalue weighted by atomic mass is 35.5. The van der Waals surface area contributed by atoms with Gasteiger partial charge in [-0.05, 0) is 24.6 Å². The molecular formula is C14H12Cl2N2O2. The van der Waals surface area contributed by atoms with Crippen LogP contribution in [-0.4, -0.2) is 4.92 Å². The van der Waals surface area contributed by atoms with E-state index in [2.05, 4.69) is 5.32 Å². The lowest BCUT2D eigenvalue weighted by Gasteiger charge is -2.17. The van der Waals surface area contributed by atoms with Crippen LogP contribution in [0.5, 0.6) is 0 Å². The molecule has 6 heteroatoms. The van der Waals surface area contributed by atoms with Crippen LogP contribution in [-0.2, 0) is 0 Å². The number of para-hydroxylation sites is 1. The normalized spacial score (nSPS) is 11.9. The Labute approximate surface area is 126 Å². The van der Waals surface area contributed by atoms with E-state index in [1.54, 1.807) is 30.3 Å². The third-order valence-electron chi connectivity index (χ3n) is 2.93. The van der Waals surface area contributed by atoms with E-state index in [-0.39, 0.29) is 11.7 Å². The van der Waals surface area contributed by atoms with Gasteiger partial charge in [0.2, 0.25) is 0 Å². The molecule has 0 saturated heterocycles. The van der Waals surface area contributed by atoms with Crippen molar-refractivity contribution in [1.82, 2.24) is 0 Å². The van der Waals surface area contributed by atoms with Crippen LogP contribution in [0.15, 0.2) is 42.5 Å². The molecule has 0 saturated carbocycles. The number of hydrogen-bond acceptors (Lipinski definition) is 3. The standard InChI is InChI=1S/C14H12Cl2N2O2/c1-9(10-5-7-11(8-6-10)18(19)20)17-14-12(15)3-2-4-13(14)16/h2-9,17H,1H3. The molecule has 0 aliphatic heterocycles. The monoisotopic (exact) mass is 310 g/mol. The van der Waals surface area contributed by atoms with Crippen molar-refractivity contribution >= 4 is 34.6 Å². The van der Waals surface area contributed by atoms with Crippen molar-refractivity contribution in [2.24, 2.45) is 0 Å². The lowest BCUT2D eigenvalue weighted by molar-refractivity contribution is -0.384. The molecule has 0 heterocycles. The summed E-state index contributed by atoms with van der Waals surface area (Å²) in [4.78, 5) is 10.2. The van der Waals surface area contributed by atoms with Crippen LogP contribution in [0, 0.1) is 10.1 Å². The molecule has 1 N–H and O–H groups in total. The fraction of sp³-hybridized carbons (Fsp3) is 0.143. The van der Waals surface area contributed by atoms with E-state index in [9.17, 15) is 10.1 Å². The molecule has 1 atom stereocenters. The van der Waals surface area contributed by atoms with E-state index in [0.717, 1.165) is 5.56 Å². The van der Waals surface area contributed by atoms with E-state index in [1.807, 2.05) is 6.92 Å². The smallest absolute Gasteiger partial charge is 0.269 e. The first-order valence-corrected chi connectivity index (χ1v) is 6.69. The van der Waals surface area contributed by atoms with Gasteiger partial charge in [0.05, 0.1) is 20.7 Å². The highest BCUT2D eigenvalue weighted by Gasteiger charge is 2.12. The zero-order valence-electron chi connectivity index (χ0n) is 10.6. The maximum Gasteiger partial charge on any atom is 0.269 e. The topological polar surface area (TPSA) is 55.2 Å². The number of benzene rings is 2. The molecule has 0 bridgehead atoms. The molecule has 104 valence electrons. The van der Waals surface area contributed by atoms with Crippen molar-refractivity contribution in [3.8, 4) is 0 Å². The molecule has 1 unspecified atom stereocenters. The lowest BCUT2D eigenvalue weighted by atomic mass is 10.1. The lowest BCUT2D eigenvalue weighted by Crippen LogP contribution is -2.07. The summed E-state index contributed by atoms with van der Waals surface area (Å²) in [6, 6.07) is 11.6. The first-order valence-electron chi connectivity index (χ1n) is 5.94.